The number of benzene rings is 2. The van der Waals surface area contributed by atoms with Gasteiger partial charge >= 0.3 is 0 Å². The maximum absolute atomic E-state index is 13.1. The molecule has 0 bridgehead atoms. The van der Waals surface area contributed by atoms with E-state index in [4.69, 9.17) is 0 Å². The first-order valence-electron chi connectivity index (χ1n) is 6.80. The van der Waals surface area contributed by atoms with E-state index in [1.54, 1.807) is 10.7 Å². The highest BCUT2D eigenvalue weighted by Gasteiger charge is 2.08. The van der Waals surface area contributed by atoms with Crippen LogP contribution in [-0.4, -0.2) is 9.78 Å². The van der Waals surface area contributed by atoms with Gasteiger partial charge < -0.3 is 4.72 Å². The Morgan fingerprint density at radius 1 is 1.26 bits per heavy atom. The molecule has 0 aliphatic carbocycles. The average molecular weight is 410 g/mol. The molecule has 1 aromatic heterocycles. The van der Waals surface area contributed by atoms with Crippen LogP contribution in [0.5, 0.6) is 0 Å². The van der Waals surface area contributed by atoms with Crippen LogP contribution in [0.15, 0.2) is 58.0 Å². The smallest absolute Gasteiger partial charge is 0.123 e. The van der Waals surface area contributed by atoms with E-state index in [1.165, 1.54) is 24.1 Å². The Hall–Kier alpha value is -1.36. The molecule has 3 nitrogen and oxygen atoms in total. The summed E-state index contributed by atoms with van der Waals surface area (Å²) in [6.07, 6.45) is 1.92. The number of aryl methyl sites for hydroxylation is 1. The molecule has 1 N–H and O–H groups in total. The van der Waals surface area contributed by atoms with Crippen LogP contribution in [0.1, 0.15) is 0 Å². The number of hydrogen-bond donors (Lipinski definition) is 1. The average Bonchev–Trinajstić information content (AvgIpc) is 2.85. The summed E-state index contributed by atoms with van der Waals surface area (Å²) in [6.45, 7) is 0. The summed E-state index contributed by atoms with van der Waals surface area (Å²) in [4.78, 5) is 0.959. The van der Waals surface area contributed by atoms with E-state index in [-0.39, 0.29) is 5.82 Å². The molecule has 0 aliphatic heterocycles. The Kier molecular flexibility index (Phi) is 5.05. The van der Waals surface area contributed by atoms with E-state index in [0.29, 0.717) is 0 Å². The van der Waals surface area contributed by atoms with E-state index in [9.17, 15) is 4.39 Å². The van der Waals surface area contributed by atoms with E-state index in [0.717, 1.165) is 31.6 Å². The fourth-order valence-corrected chi connectivity index (χ4v) is 3.82. The van der Waals surface area contributed by atoms with Crippen molar-refractivity contribution in [3.8, 4) is 11.3 Å². The van der Waals surface area contributed by atoms with E-state index < -0.39 is 0 Å². The molecular weight excluding hydrogens is 396 g/mol. The third-order valence-electron chi connectivity index (χ3n) is 3.17. The lowest BCUT2D eigenvalue weighted by Gasteiger charge is -2.09. The van der Waals surface area contributed by atoms with Crippen LogP contribution in [0.4, 0.5) is 10.1 Å². The van der Waals surface area contributed by atoms with Gasteiger partial charge in [-0.25, -0.2) is 4.39 Å². The largest absolute Gasteiger partial charge is 0.326 e. The second-order valence-electron chi connectivity index (χ2n) is 4.97. The summed E-state index contributed by atoms with van der Waals surface area (Å²) in [5.41, 5.74) is 2.88. The Labute approximate surface area is 149 Å². The van der Waals surface area contributed by atoms with Gasteiger partial charge in [0.15, 0.2) is 0 Å². The highest BCUT2D eigenvalue weighted by atomic mass is 79.9. The van der Waals surface area contributed by atoms with E-state index >= 15 is 0 Å². The van der Waals surface area contributed by atoms with Crippen molar-refractivity contribution in [3.63, 3.8) is 0 Å². The van der Waals surface area contributed by atoms with Gasteiger partial charge in [0, 0.05) is 29.4 Å². The molecule has 2 aromatic carbocycles. The zero-order chi connectivity index (χ0) is 16.4. The van der Waals surface area contributed by atoms with Gasteiger partial charge in [0.25, 0.3) is 0 Å². The molecule has 0 aliphatic rings. The van der Waals surface area contributed by atoms with E-state index in [1.807, 2.05) is 37.5 Å². The summed E-state index contributed by atoms with van der Waals surface area (Å²) >= 11 is 4.97. The van der Waals surface area contributed by atoms with Crippen molar-refractivity contribution in [2.24, 2.45) is 7.05 Å². The van der Waals surface area contributed by atoms with Gasteiger partial charge in [-0.15, -0.1) is 9.24 Å². The molecule has 0 radical (unpaired) electrons. The van der Waals surface area contributed by atoms with Gasteiger partial charge in [-0.05, 0) is 63.5 Å². The third-order valence-corrected chi connectivity index (χ3v) is 5.37. The molecule has 7 heteroatoms. The number of halogens is 2. The molecule has 0 saturated carbocycles. The zero-order valence-electron chi connectivity index (χ0n) is 12.3. The predicted molar refractivity (Wildman–Crippen MR) is 102 cm³/mol. The van der Waals surface area contributed by atoms with Gasteiger partial charge in [0.1, 0.15) is 11.5 Å². The topological polar surface area (TPSA) is 29.9 Å². The minimum Gasteiger partial charge on any atom is -0.326 e. The lowest BCUT2D eigenvalue weighted by Crippen LogP contribution is -1.99. The van der Waals surface area contributed by atoms with Crippen LogP contribution in [0, 0.1) is 5.82 Å². The minimum absolute atomic E-state index is 0.235. The number of anilines is 1. The normalized spacial score (nSPS) is 10.8. The Balaban J connectivity index is 1.79. The fraction of sp³-hybridized carbons (Fsp3) is 0.0625. The number of nitrogens with one attached hydrogen (secondary N) is 1. The first kappa shape index (κ1) is 16.5. The molecule has 3 aromatic rings. The molecule has 1 heterocycles. The zero-order valence-corrected chi connectivity index (χ0v) is 15.8. The predicted octanol–water partition coefficient (Wildman–Crippen LogP) is 4.61. The summed E-state index contributed by atoms with van der Waals surface area (Å²) in [6, 6.07) is 12.7. The molecule has 1 unspecified atom stereocenters. The minimum atomic E-state index is -0.235. The molecule has 3 rings (SSSR count). The van der Waals surface area contributed by atoms with E-state index in [2.05, 4.69) is 35.0 Å². The molecule has 118 valence electrons. The third kappa shape index (κ3) is 3.94. The van der Waals surface area contributed by atoms with Crippen molar-refractivity contribution in [2.45, 2.75) is 4.90 Å². The number of rotatable bonds is 4. The molecule has 0 fully saturated rings. The Morgan fingerprint density at radius 2 is 2.09 bits per heavy atom. The standard InChI is InChI=1S/C16H14BrFN3PS/c1-21-9-13(17)16(19-21)10-3-2-4-12(7-10)20-23-15-6-5-11(18)8-14(15)22/h2-9,20H,22H2,1H3. The lowest BCUT2D eigenvalue weighted by atomic mass is 10.1. The van der Waals surface area contributed by atoms with Crippen molar-refractivity contribution in [1.29, 1.82) is 0 Å². The quantitative estimate of drug-likeness (QED) is 0.504. The second-order valence-corrected chi connectivity index (χ2v) is 7.29. The van der Waals surface area contributed by atoms with Crippen LogP contribution in [0.25, 0.3) is 11.3 Å². The highest BCUT2D eigenvalue weighted by Crippen LogP contribution is 2.29. The van der Waals surface area contributed by atoms with Crippen LogP contribution >= 0.6 is 37.1 Å². The summed E-state index contributed by atoms with van der Waals surface area (Å²) in [7, 11) is 4.44. The summed E-state index contributed by atoms with van der Waals surface area (Å²) in [5.74, 6) is -0.235. The molecule has 1 atom stereocenters. The second kappa shape index (κ2) is 7.04. The number of aromatic nitrogens is 2. The maximum Gasteiger partial charge on any atom is 0.123 e. The SMILES string of the molecule is Cn1cc(Br)c(-c2cccc(NSc3ccc(F)cc3P)c2)n1. The van der Waals surface area contributed by atoms with Crippen LogP contribution in [-0.2, 0) is 7.05 Å². The Bertz CT molecular complexity index is 853. The number of hydrogen-bond acceptors (Lipinski definition) is 3. The molecule has 23 heavy (non-hydrogen) atoms. The fourth-order valence-electron chi connectivity index (χ4n) is 2.11. The van der Waals surface area contributed by atoms with Crippen molar-refractivity contribution >= 4 is 48.1 Å². The molecule has 0 saturated heterocycles. The summed E-state index contributed by atoms with van der Waals surface area (Å²) in [5, 5.41) is 5.28. The highest BCUT2D eigenvalue weighted by molar-refractivity contribution is 9.10. The number of nitrogens with zero attached hydrogens (tertiary/aromatic N) is 2. The van der Waals surface area contributed by atoms with Gasteiger partial charge in [0.05, 0.1) is 4.47 Å². The van der Waals surface area contributed by atoms with Gasteiger partial charge in [-0.3, -0.25) is 4.68 Å². The molecular formula is C16H14BrFN3PS. The molecule has 0 spiro atoms. The van der Waals surface area contributed by atoms with Crippen molar-refractivity contribution in [3.05, 3.63) is 59.0 Å². The van der Waals surface area contributed by atoms with Gasteiger partial charge in [-0.1, -0.05) is 12.1 Å². The molecule has 0 amide bonds. The van der Waals surface area contributed by atoms with Crippen molar-refractivity contribution < 1.29 is 4.39 Å². The van der Waals surface area contributed by atoms with Gasteiger partial charge in [0.2, 0.25) is 0 Å². The lowest BCUT2D eigenvalue weighted by molar-refractivity contribution is 0.628. The Morgan fingerprint density at radius 3 is 2.78 bits per heavy atom. The van der Waals surface area contributed by atoms with Gasteiger partial charge in [-0.2, -0.15) is 5.10 Å². The van der Waals surface area contributed by atoms with Crippen molar-refractivity contribution in [1.82, 2.24) is 9.78 Å². The van der Waals surface area contributed by atoms with Crippen LogP contribution < -0.4 is 10.0 Å². The maximum atomic E-state index is 13.1. The first-order chi connectivity index (χ1) is 11.0. The van der Waals surface area contributed by atoms with Crippen LogP contribution in [0.2, 0.25) is 0 Å². The van der Waals surface area contributed by atoms with Crippen molar-refractivity contribution in [2.75, 3.05) is 4.72 Å². The monoisotopic (exact) mass is 409 g/mol. The van der Waals surface area contributed by atoms with Crippen LogP contribution in [0.3, 0.4) is 0 Å². The first-order valence-corrected chi connectivity index (χ1v) is 8.99. The summed E-state index contributed by atoms with van der Waals surface area (Å²) < 4.78 is 19.1.